The van der Waals surface area contributed by atoms with Crippen molar-refractivity contribution in [3.63, 3.8) is 0 Å². The summed E-state index contributed by atoms with van der Waals surface area (Å²) in [7, 11) is -3.66. The van der Waals surface area contributed by atoms with Gasteiger partial charge in [-0.1, -0.05) is 0 Å². The number of benzene rings is 1. The van der Waals surface area contributed by atoms with E-state index in [9.17, 15) is 14.2 Å². The molecule has 9 heteroatoms. The summed E-state index contributed by atoms with van der Waals surface area (Å²) in [6, 6.07) is 6.44. The van der Waals surface area contributed by atoms with E-state index in [1.54, 1.807) is 13.8 Å². The van der Waals surface area contributed by atoms with E-state index in [1.165, 1.54) is 25.1 Å². The first-order valence-corrected chi connectivity index (χ1v) is 9.06. The Bertz CT molecular complexity index is 946. The quantitative estimate of drug-likeness (QED) is 0.631. The first kappa shape index (κ1) is 18.1. The Balaban J connectivity index is 2.77. The molecule has 0 saturated heterocycles. The third-order valence-electron chi connectivity index (χ3n) is 3.50. The Morgan fingerprint density at radius 1 is 1.29 bits per heavy atom. The number of fused-ring (bicyclic) bond motifs is 1. The van der Waals surface area contributed by atoms with Gasteiger partial charge in [0.1, 0.15) is 5.78 Å². The lowest BCUT2D eigenvalue weighted by Gasteiger charge is -2.25. The van der Waals surface area contributed by atoms with Crippen molar-refractivity contribution < 1.29 is 13.6 Å². The largest absolute Gasteiger partial charge is 0.353 e. The molecule has 1 aromatic heterocycles. The monoisotopic (exact) mass is 351 g/mol. The number of nitriles is 1. The molecule has 0 saturated carbocycles. The minimum Gasteiger partial charge on any atom is -0.316 e. The summed E-state index contributed by atoms with van der Waals surface area (Å²) in [5.74, 6) is -0.998. The molecule has 0 radical (unpaired) electrons. The number of aromatic amines is 1. The van der Waals surface area contributed by atoms with E-state index in [-0.39, 0.29) is 13.2 Å². The molecule has 1 atom stereocenters. The Morgan fingerprint density at radius 3 is 2.46 bits per heavy atom. The van der Waals surface area contributed by atoms with Crippen molar-refractivity contribution >= 4 is 18.6 Å². The third-order valence-corrected chi connectivity index (χ3v) is 5.88. The normalized spacial score (nSPS) is 12.9. The number of nitrogens with zero attached hydrogens (tertiary/aromatic N) is 2. The maximum absolute atomic E-state index is 13.0. The highest BCUT2D eigenvalue weighted by molar-refractivity contribution is 7.53. The summed E-state index contributed by atoms with van der Waals surface area (Å²) >= 11 is 0. The first-order chi connectivity index (χ1) is 11.4. The molecular weight excluding hydrogens is 333 g/mol. The van der Waals surface area contributed by atoms with E-state index >= 15 is 0 Å². The smallest absolute Gasteiger partial charge is 0.316 e. The summed E-state index contributed by atoms with van der Waals surface area (Å²) in [5.41, 5.74) is -0.770. The highest BCUT2D eigenvalue weighted by Gasteiger charge is 2.35. The molecule has 1 aromatic carbocycles. The van der Waals surface area contributed by atoms with Crippen molar-refractivity contribution in [1.29, 1.82) is 5.26 Å². The van der Waals surface area contributed by atoms with E-state index in [0.29, 0.717) is 16.6 Å². The molecule has 0 bridgehead atoms. The second-order valence-electron chi connectivity index (χ2n) is 4.98. The number of hydrogen-bond donors (Lipinski definition) is 1. The van der Waals surface area contributed by atoms with Crippen LogP contribution < -0.4 is 11.1 Å². The Hall–Kier alpha value is -2.20. The van der Waals surface area contributed by atoms with Crippen LogP contribution in [0.1, 0.15) is 32.1 Å². The predicted octanol–water partition coefficient (Wildman–Crippen LogP) is 2.35. The van der Waals surface area contributed by atoms with Gasteiger partial charge in [-0.25, -0.2) is 0 Å². The number of rotatable bonds is 6. The summed E-state index contributed by atoms with van der Waals surface area (Å²) in [6.07, 6.45) is 0. The molecule has 0 spiro atoms. The Labute approximate surface area is 138 Å². The van der Waals surface area contributed by atoms with Gasteiger partial charge in [0.25, 0.3) is 0 Å². The molecule has 2 aromatic rings. The van der Waals surface area contributed by atoms with Crippen molar-refractivity contribution in [3.8, 4) is 6.07 Å². The van der Waals surface area contributed by atoms with Crippen LogP contribution in [0.25, 0.3) is 11.0 Å². The molecule has 1 N–H and O–H groups in total. The van der Waals surface area contributed by atoms with Crippen molar-refractivity contribution in [2.24, 2.45) is 0 Å². The van der Waals surface area contributed by atoms with Crippen LogP contribution in [-0.2, 0) is 13.6 Å². The Morgan fingerprint density at radius 2 is 1.92 bits per heavy atom. The highest BCUT2D eigenvalue weighted by atomic mass is 31.2. The van der Waals surface area contributed by atoms with Crippen LogP contribution in [0.5, 0.6) is 0 Å². The maximum Gasteiger partial charge on any atom is 0.353 e. The van der Waals surface area contributed by atoms with Crippen LogP contribution in [0, 0.1) is 11.3 Å². The first-order valence-electron chi connectivity index (χ1n) is 7.45. The average molecular weight is 351 g/mol. The van der Waals surface area contributed by atoms with Gasteiger partial charge in [0.15, 0.2) is 0 Å². The minimum absolute atomic E-state index is 0.135. The number of nitrogens with one attached hydrogen (secondary N) is 1. The van der Waals surface area contributed by atoms with Gasteiger partial charge in [0, 0.05) is 0 Å². The van der Waals surface area contributed by atoms with Crippen LogP contribution in [0.15, 0.2) is 27.8 Å². The second kappa shape index (κ2) is 7.14. The number of aromatic nitrogens is 2. The average Bonchev–Trinajstić information content (AvgIpc) is 2.55. The maximum atomic E-state index is 13.0. The molecule has 1 heterocycles. The van der Waals surface area contributed by atoms with Crippen LogP contribution in [0.3, 0.4) is 0 Å². The summed E-state index contributed by atoms with van der Waals surface area (Å²) in [4.78, 5) is 26.7. The van der Waals surface area contributed by atoms with Gasteiger partial charge in [0.2, 0.25) is 0 Å². The zero-order valence-corrected chi connectivity index (χ0v) is 14.5. The van der Waals surface area contributed by atoms with Crippen molar-refractivity contribution in [2.75, 3.05) is 13.2 Å². The van der Waals surface area contributed by atoms with Crippen LogP contribution in [0.2, 0.25) is 0 Å². The fourth-order valence-corrected chi connectivity index (χ4v) is 4.17. The predicted molar refractivity (Wildman–Crippen MR) is 89.1 cm³/mol. The lowest BCUT2D eigenvalue weighted by atomic mass is 10.2. The van der Waals surface area contributed by atoms with Gasteiger partial charge in [0.05, 0.1) is 35.9 Å². The molecule has 8 nitrogen and oxygen atoms in total. The number of H-pyrrole nitrogens is 1. The molecule has 2 rings (SSSR count). The number of hydrogen-bond acceptors (Lipinski definition) is 6. The lowest BCUT2D eigenvalue weighted by molar-refractivity contribution is 0.206. The zero-order chi connectivity index (χ0) is 17.9. The highest BCUT2D eigenvalue weighted by Crippen LogP contribution is 2.58. The summed E-state index contributed by atoms with van der Waals surface area (Å²) < 4.78 is 24.6. The van der Waals surface area contributed by atoms with Gasteiger partial charge in [-0.3, -0.25) is 18.7 Å². The van der Waals surface area contributed by atoms with Gasteiger partial charge < -0.3 is 14.0 Å². The minimum atomic E-state index is -3.66. The summed E-state index contributed by atoms with van der Waals surface area (Å²) in [6.45, 7) is 5.10. The van der Waals surface area contributed by atoms with Crippen molar-refractivity contribution in [1.82, 2.24) is 9.55 Å². The van der Waals surface area contributed by atoms with Crippen LogP contribution in [-0.4, -0.2) is 22.8 Å². The van der Waals surface area contributed by atoms with E-state index in [2.05, 4.69) is 4.98 Å². The van der Waals surface area contributed by atoms with E-state index in [4.69, 9.17) is 14.3 Å². The van der Waals surface area contributed by atoms with Gasteiger partial charge in [-0.2, -0.15) is 5.26 Å². The molecule has 0 amide bonds. The molecule has 0 aliphatic heterocycles. The van der Waals surface area contributed by atoms with E-state index in [1.807, 2.05) is 6.07 Å². The molecule has 0 aliphatic rings. The van der Waals surface area contributed by atoms with Crippen LogP contribution >= 0.6 is 7.60 Å². The summed E-state index contributed by atoms with van der Waals surface area (Å²) in [5, 5.41) is 8.97. The zero-order valence-electron chi connectivity index (χ0n) is 13.6. The molecule has 128 valence electrons. The fourth-order valence-electron chi connectivity index (χ4n) is 2.44. The molecule has 0 fully saturated rings. The van der Waals surface area contributed by atoms with Gasteiger partial charge >= 0.3 is 18.7 Å². The van der Waals surface area contributed by atoms with E-state index in [0.717, 1.165) is 4.57 Å². The lowest BCUT2D eigenvalue weighted by Crippen LogP contribution is -2.38. The van der Waals surface area contributed by atoms with Crippen molar-refractivity contribution in [2.45, 2.75) is 26.6 Å². The topological polar surface area (TPSA) is 114 Å². The van der Waals surface area contributed by atoms with Crippen LogP contribution in [0.4, 0.5) is 0 Å². The van der Waals surface area contributed by atoms with Gasteiger partial charge in [-0.05, 0) is 39.0 Å². The molecule has 1 unspecified atom stereocenters. The Kier molecular flexibility index (Phi) is 5.40. The SMILES string of the molecule is CCOP(=O)(OCC)C(C)n1c(=O)c(=O)[nH]c2cc(C#N)ccc21. The second-order valence-corrected chi connectivity index (χ2v) is 7.32. The molecular formula is C15H18N3O5P. The third kappa shape index (κ3) is 3.20. The molecule has 24 heavy (non-hydrogen) atoms. The fraction of sp³-hybridized carbons (Fsp3) is 0.400. The standard InChI is InChI=1S/C15H18N3O5P/c1-4-22-24(21,23-5-2)10(3)18-13-7-6-11(9-16)8-12(13)17-14(19)15(18)20/h6-8,10H,4-5H2,1-3H3,(H,17,19). The van der Waals surface area contributed by atoms with E-state index < -0.39 is 24.5 Å². The molecule has 0 aliphatic carbocycles. The van der Waals surface area contributed by atoms with Gasteiger partial charge in [-0.15, -0.1) is 0 Å². The van der Waals surface area contributed by atoms with Crippen molar-refractivity contribution in [3.05, 3.63) is 44.5 Å².